The van der Waals surface area contributed by atoms with E-state index in [1.165, 1.54) is 0 Å². The van der Waals surface area contributed by atoms with E-state index in [0.717, 1.165) is 0 Å². The molecule has 0 aliphatic carbocycles. The molecule has 1 rings (SSSR count). The molecule has 1 heterocycles. The molecule has 0 fully saturated rings. The van der Waals surface area contributed by atoms with Crippen molar-refractivity contribution in [3.63, 3.8) is 0 Å². The van der Waals surface area contributed by atoms with Gasteiger partial charge in [0.15, 0.2) is 11.8 Å². The van der Waals surface area contributed by atoms with Gasteiger partial charge < -0.3 is 48.9 Å². The SMILES string of the molecule is NC(=O)CCC[C@H](N)c1noc([C@H](CCCN=C(N)N)NC(=O)N[C@@H](CCC(N)=O)C(=O)O)n1. The Morgan fingerprint density at radius 3 is 2.24 bits per heavy atom. The first-order chi connectivity index (χ1) is 16.0. The Labute approximate surface area is 195 Å². The Morgan fingerprint density at radius 1 is 0.971 bits per heavy atom. The number of hydrogen-bond donors (Lipinski definition) is 8. The predicted molar refractivity (Wildman–Crippen MR) is 118 cm³/mol. The molecule has 13 N–H and O–H groups in total. The molecular weight excluding hydrogens is 452 g/mol. The number of hydrogen-bond acceptors (Lipinski definition) is 9. The maximum atomic E-state index is 12.4. The van der Waals surface area contributed by atoms with E-state index >= 15 is 0 Å². The fourth-order valence-corrected chi connectivity index (χ4v) is 2.83. The van der Waals surface area contributed by atoms with Crippen LogP contribution < -0.4 is 39.3 Å². The average molecular weight is 485 g/mol. The molecule has 34 heavy (non-hydrogen) atoms. The topological polar surface area (TPSA) is 294 Å². The first kappa shape index (κ1) is 28.1. The first-order valence-corrected chi connectivity index (χ1v) is 10.5. The summed E-state index contributed by atoms with van der Waals surface area (Å²) in [5.74, 6) is -2.38. The standard InChI is InChI=1S/C18H32N10O6/c19-9(3-1-5-12(20)29)14-27-15(34-28-14)10(4-2-8-24-17(22)23)25-18(33)26-11(16(31)32)6-7-13(21)30/h9-11H,1-8,19H2,(H2,20,29)(H2,21,30)(H,31,32)(H4,22,23,24)(H2,25,26,33)/t9-,10-,11-/m0/s1. The number of carbonyl (C=O) groups is 4. The summed E-state index contributed by atoms with van der Waals surface area (Å²) < 4.78 is 5.25. The van der Waals surface area contributed by atoms with Crippen LogP contribution in [0.2, 0.25) is 0 Å². The van der Waals surface area contributed by atoms with E-state index in [1.807, 2.05) is 0 Å². The molecule has 0 unspecified atom stereocenters. The summed E-state index contributed by atoms with van der Waals surface area (Å²) in [6, 6.07) is -3.63. The van der Waals surface area contributed by atoms with Crippen LogP contribution in [0.5, 0.6) is 0 Å². The Balaban J connectivity index is 2.88. The molecule has 0 saturated heterocycles. The zero-order valence-corrected chi connectivity index (χ0v) is 18.6. The summed E-state index contributed by atoms with van der Waals surface area (Å²) in [4.78, 5) is 53.7. The van der Waals surface area contributed by atoms with Crippen LogP contribution in [0.15, 0.2) is 9.52 Å². The van der Waals surface area contributed by atoms with Crippen LogP contribution in [0, 0.1) is 0 Å². The van der Waals surface area contributed by atoms with Gasteiger partial charge in [0.2, 0.25) is 17.7 Å². The van der Waals surface area contributed by atoms with E-state index in [4.69, 9.17) is 33.2 Å². The van der Waals surface area contributed by atoms with Gasteiger partial charge in [0.1, 0.15) is 12.1 Å². The third-order valence-corrected chi connectivity index (χ3v) is 4.56. The van der Waals surface area contributed by atoms with Gasteiger partial charge in [-0.3, -0.25) is 14.6 Å². The quantitative estimate of drug-likeness (QED) is 0.0709. The fraction of sp³-hybridized carbons (Fsp3) is 0.611. The number of aliphatic imine (C=N–C) groups is 1. The van der Waals surface area contributed by atoms with Crippen molar-refractivity contribution in [1.29, 1.82) is 0 Å². The van der Waals surface area contributed by atoms with E-state index < -0.39 is 41.9 Å². The molecule has 0 radical (unpaired) electrons. The molecule has 0 aliphatic heterocycles. The van der Waals surface area contributed by atoms with Gasteiger partial charge in [0, 0.05) is 19.4 Å². The molecule has 3 atom stereocenters. The molecule has 0 spiro atoms. The molecule has 0 aliphatic rings. The summed E-state index contributed by atoms with van der Waals surface area (Å²) in [6.45, 7) is 0.256. The first-order valence-electron chi connectivity index (χ1n) is 10.5. The zero-order valence-electron chi connectivity index (χ0n) is 18.6. The number of nitrogens with one attached hydrogen (secondary N) is 2. The second kappa shape index (κ2) is 14.2. The van der Waals surface area contributed by atoms with Crippen molar-refractivity contribution in [2.45, 2.75) is 63.1 Å². The van der Waals surface area contributed by atoms with E-state index in [2.05, 4.69) is 25.8 Å². The minimum Gasteiger partial charge on any atom is -0.480 e. The molecule has 0 saturated carbocycles. The van der Waals surface area contributed by atoms with Crippen molar-refractivity contribution in [2.24, 2.45) is 33.7 Å². The summed E-state index contributed by atoms with van der Waals surface area (Å²) in [5, 5.41) is 17.9. The maximum absolute atomic E-state index is 12.4. The molecule has 1 aromatic heterocycles. The molecule has 0 bridgehead atoms. The zero-order chi connectivity index (χ0) is 25.7. The van der Waals surface area contributed by atoms with Crippen LogP contribution in [0.4, 0.5) is 4.79 Å². The molecule has 0 aromatic carbocycles. The van der Waals surface area contributed by atoms with Crippen molar-refractivity contribution < 1.29 is 28.8 Å². The van der Waals surface area contributed by atoms with Crippen LogP contribution in [-0.4, -0.2) is 57.6 Å². The van der Waals surface area contributed by atoms with E-state index in [0.29, 0.717) is 19.3 Å². The Bertz CT molecular complexity index is 869. The smallest absolute Gasteiger partial charge is 0.326 e. The number of rotatable bonds is 16. The van der Waals surface area contributed by atoms with Crippen molar-refractivity contribution >= 4 is 29.8 Å². The number of guanidine groups is 1. The molecule has 16 heteroatoms. The number of nitrogens with two attached hydrogens (primary N) is 5. The number of carboxylic acid groups (broad SMARTS) is 1. The number of amides is 4. The highest BCUT2D eigenvalue weighted by Crippen LogP contribution is 2.20. The molecular formula is C18H32N10O6. The van der Waals surface area contributed by atoms with Gasteiger partial charge in [-0.2, -0.15) is 4.98 Å². The summed E-state index contributed by atoms with van der Waals surface area (Å²) >= 11 is 0. The van der Waals surface area contributed by atoms with Gasteiger partial charge in [-0.15, -0.1) is 0 Å². The monoisotopic (exact) mass is 484 g/mol. The van der Waals surface area contributed by atoms with Gasteiger partial charge in [-0.05, 0) is 32.1 Å². The molecule has 1 aromatic rings. The maximum Gasteiger partial charge on any atom is 0.326 e. The number of nitrogens with zero attached hydrogens (tertiary/aromatic N) is 3. The lowest BCUT2D eigenvalue weighted by molar-refractivity contribution is -0.139. The van der Waals surface area contributed by atoms with Crippen LogP contribution in [0.25, 0.3) is 0 Å². The fourth-order valence-electron chi connectivity index (χ4n) is 2.83. The van der Waals surface area contributed by atoms with Gasteiger partial charge in [-0.25, -0.2) is 9.59 Å². The van der Waals surface area contributed by atoms with Crippen LogP contribution in [-0.2, 0) is 14.4 Å². The summed E-state index contributed by atoms with van der Waals surface area (Å²) in [5.41, 5.74) is 26.8. The minimum atomic E-state index is -1.34. The van der Waals surface area contributed by atoms with Gasteiger partial charge in [-0.1, -0.05) is 5.16 Å². The number of urea groups is 1. The Hall–Kier alpha value is -3.95. The van der Waals surface area contributed by atoms with E-state index in [1.54, 1.807) is 0 Å². The van der Waals surface area contributed by atoms with Gasteiger partial charge >= 0.3 is 12.0 Å². The van der Waals surface area contributed by atoms with Gasteiger partial charge in [0.05, 0.1) is 6.04 Å². The highest BCUT2D eigenvalue weighted by atomic mass is 16.5. The second-order valence-corrected chi connectivity index (χ2v) is 7.47. The number of primary amides is 2. The van der Waals surface area contributed by atoms with Crippen LogP contribution in [0.1, 0.15) is 68.7 Å². The normalized spacial score (nSPS) is 13.3. The largest absolute Gasteiger partial charge is 0.480 e. The Kier molecular flexibility index (Phi) is 11.8. The molecule has 4 amide bonds. The van der Waals surface area contributed by atoms with E-state index in [-0.39, 0.29) is 49.9 Å². The lowest BCUT2D eigenvalue weighted by atomic mass is 10.1. The van der Waals surface area contributed by atoms with Crippen molar-refractivity contribution in [3.05, 3.63) is 11.7 Å². The van der Waals surface area contributed by atoms with Crippen molar-refractivity contribution in [3.8, 4) is 0 Å². The average Bonchev–Trinajstić information content (AvgIpc) is 3.22. The van der Waals surface area contributed by atoms with Crippen LogP contribution in [0.3, 0.4) is 0 Å². The Morgan fingerprint density at radius 2 is 1.65 bits per heavy atom. The minimum absolute atomic E-state index is 0.0317. The van der Waals surface area contributed by atoms with Crippen molar-refractivity contribution in [1.82, 2.24) is 20.8 Å². The predicted octanol–water partition coefficient (Wildman–Crippen LogP) is -2.16. The van der Waals surface area contributed by atoms with E-state index in [9.17, 15) is 24.3 Å². The highest BCUT2D eigenvalue weighted by molar-refractivity contribution is 5.83. The number of aliphatic carboxylic acids is 1. The molecule has 16 nitrogen and oxygen atoms in total. The van der Waals surface area contributed by atoms with Crippen LogP contribution >= 0.6 is 0 Å². The lowest BCUT2D eigenvalue weighted by Crippen LogP contribution is -2.47. The second-order valence-electron chi connectivity index (χ2n) is 7.47. The van der Waals surface area contributed by atoms with Gasteiger partial charge in [0.25, 0.3) is 0 Å². The molecule has 190 valence electrons. The summed E-state index contributed by atoms with van der Waals surface area (Å²) in [6.07, 6.45) is 1.25. The number of carbonyl (C=O) groups excluding carboxylic acids is 3. The number of aromatic nitrogens is 2. The third kappa shape index (κ3) is 11.1. The van der Waals surface area contributed by atoms with Crippen molar-refractivity contribution in [2.75, 3.05) is 6.54 Å². The lowest BCUT2D eigenvalue weighted by Gasteiger charge is -2.18. The highest BCUT2D eigenvalue weighted by Gasteiger charge is 2.26. The summed E-state index contributed by atoms with van der Waals surface area (Å²) in [7, 11) is 0. The number of carboxylic acids is 1. The third-order valence-electron chi connectivity index (χ3n) is 4.56.